The van der Waals surface area contributed by atoms with Gasteiger partial charge in [0.25, 0.3) is 5.91 Å². The fourth-order valence-corrected chi connectivity index (χ4v) is 4.23. The Morgan fingerprint density at radius 2 is 2.00 bits per heavy atom. The normalized spacial score (nSPS) is 19.2. The molecule has 5 heteroatoms. The summed E-state index contributed by atoms with van der Waals surface area (Å²) < 4.78 is 1.80. The molecule has 2 aromatic heterocycles. The minimum Gasteiger partial charge on any atom is -0.305 e. The fraction of sp³-hybridized carbons (Fsp3) is 0.381. The lowest BCUT2D eigenvalue weighted by Crippen LogP contribution is -2.36. The second-order valence-corrected chi connectivity index (χ2v) is 7.63. The molecule has 0 N–H and O–H groups in total. The molecule has 3 heterocycles. The molecule has 3 aromatic rings. The Bertz CT molecular complexity index is 1050. The van der Waals surface area contributed by atoms with Crippen molar-refractivity contribution in [3.8, 4) is 0 Å². The van der Waals surface area contributed by atoms with Gasteiger partial charge in [-0.2, -0.15) is 5.10 Å². The number of fused-ring (bicyclic) bond motifs is 2. The van der Waals surface area contributed by atoms with Gasteiger partial charge in [0.2, 0.25) is 0 Å². The van der Waals surface area contributed by atoms with Crippen molar-refractivity contribution in [2.24, 2.45) is 7.05 Å². The van der Waals surface area contributed by atoms with E-state index in [4.69, 9.17) is 4.98 Å². The summed E-state index contributed by atoms with van der Waals surface area (Å²) in [5.41, 5.74) is 5.72. The Hall–Kier alpha value is -2.69. The van der Waals surface area contributed by atoms with Crippen LogP contribution in [-0.4, -0.2) is 26.7 Å². The average Bonchev–Trinajstić information content (AvgIpc) is 3.36. The van der Waals surface area contributed by atoms with Gasteiger partial charge < -0.3 is 4.90 Å². The van der Waals surface area contributed by atoms with E-state index in [1.54, 1.807) is 4.68 Å². The molecule has 1 unspecified atom stereocenters. The number of aromatic nitrogens is 3. The summed E-state index contributed by atoms with van der Waals surface area (Å²) in [6.45, 7) is 4.08. The fourth-order valence-electron chi connectivity index (χ4n) is 4.23. The predicted molar refractivity (Wildman–Crippen MR) is 102 cm³/mol. The van der Waals surface area contributed by atoms with Gasteiger partial charge in [0.1, 0.15) is 0 Å². The minimum atomic E-state index is 0.0628. The van der Waals surface area contributed by atoms with Gasteiger partial charge in [-0.3, -0.25) is 9.48 Å². The highest BCUT2D eigenvalue weighted by Crippen LogP contribution is 2.41. The monoisotopic (exact) mass is 346 g/mol. The van der Waals surface area contributed by atoms with Crippen molar-refractivity contribution in [3.63, 3.8) is 0 Å². The van der Waals surface area contributed by atoms with Crippen molar-refractivity contribution in [2.45, 2.75) is 45.1 Å². The second-order valence-electron chi connectivity index (χ2n) is 7.63. The minimum absolute atomic E-state index is 0.0628. The molecule has 1 aliphatic heterocycles. The Morgan fingerprint density at radius 1 is 1.23 bits per heavy atom. The van der Waals surface area contributed by atoms with E-state index in [1.165, 1.54) is 5.56 Å². The van der Waals surface area contributed by atoms with Crippen LogP contribution in [0.4, 0.5) is 5.69 Å². The van der Waals surface area contributed by atoms with Gasteiger partial charge in [-0.1, -0.05) is 18.2 Å². The van der Waals surface area contributed by atoms with Gasteiger partial charge in [0.05, 0.1) is 16.6 Å². The maximum Gasteiger partial charge on any atom is 0.259 e. The molecule has 5 nitrogen and oxygen atoms in total. The highest BCUT2D eigenvalue weighted by molar-refractivity contribution is 6.15. The van der Waals surface area contributed by atoms with Crippen LogP contribution in [0.5, 0.6) is 0 Å². The Balaban J connectivity index is 1.70. The zero-order valence-electron chi connectivity index (χ0n) is 15.4. The lowest BCUT2D eigenvalue weighted by Gasteiger charge is -2.23. The van der Waals surface area contributed by atoms with E-state index in [0.717, 1.165) is 52.9 Å². The summed E-state index contributed by atoms with van der Waals surface area (Å²) >= 11 is 0. The topological polar surface area (TPSA) is 51.0 Å². The molecule has 0 spiro atoms. The lowest BCUT2D eigenvalue weighted by molar-refractivity contribution is 0.0983. The van der Waals surface area contributed by atoms with Crippen molar-refractivity contribution >= 4 is 22.6 Å². The Labute approximate surface area is 152 Å². The summed E-state index contributed by atoms with van der Waals surface area (Å²) in [5, 5.41) is 5.41. The first kappa shape index (κ1) is 15.6. The van der Waals surface area contributed by atoms with Crippen molar-refractivity contribution in [1.82, 2.24) is 14.8 Å². The molecule has 1 fully saturated rings. The summed E-state index contributed by atoms with van der Waals surface area (Å²) in [6.07, 6.45) is 3.22. The number of hydrogen-bond donors (Lipinski definition) is 0. The molecular formula is C21H22N4O. The lowest BCUT2D eigenvalue weighted by atomic mass is 10.1. The largest absolute Gasteiger partial charge is 0.305 e. The molecule has 26 heavy (non-hydrogen) atoms. The van der Waals surface area contributed by atoms with E-state index in [-0.39, 0.29) is 11.9 Å². The maximum atomic E-state index is 13.7. The zero-order chi connectivity index (χ0) is 18.0. The van der Waals surface area contributed by atoms with E-state index in [9.17, 15) is 4.79 Å². The summed E-state index contributed by atoms with van der Waals surface area (Å²) in [7, 11) is 1.90. The van der Waals surface area contributed by atoms with Crippen molar-refractivity contribution in [3.05, 3.63) is 52.8 Å². The number of pyridine rings is 1. The molecule has 1 aliphatic carbocycles. The van der Waals surface area contributed by atoms with Crippen molar-refractivity contribution in [1.29, 1.82) is 0 Å². The van der Waals surface area contributed by atoms with Crippen LogP contribution in [0.2, 0.25) is 0 Å². The number of benzene rings is 1. The number of aryl methyl sites for hydroxylation is 2. The molecule has 0 saturated heterocycles. The summed E-state index contributed by atoms with van der Waals surface area (Å²) in [6, 6.07) is 10.4. The molecule has 2 aliphatic rings. The van der Waals surface area contributed by atoms with Gasteiger partial charge in [-0.25, -0.2) is 4.98 Å². The number of para-hydroxylation sites is 1. The number of hydrogen-bond acceptors (Lipinski definition) is 3. The number of carbonyl (C=O) groups excluding carboxylic acids is 1. The maximum absolute atomic E-state index is 13.7. The first-order chi connectivity index (χ1) is 12.5. The second kappa shape index (κ2) is 5.40. The number of amides is 1. The summed E-state index contributed by atoms with van der Waals surface area (Å²) in [4.78, 5) is 20.4. The molecule has 1 amide bonds. The number of rotatable bonds is 2. The van der Waals surface area contributed by atoms with Crippen LogP contribution >= 0.6 is 0 Å². The SMILES string of the molecule is Cc1nn(C)c2nc(C3CC3)cc(C(=O)N3c4ccccc4CC3C)c12. The third-order valence-corrected chi connectivity index (χ3v) is 5.64. The Kier molecular flexibility index (Phi) is 3.23. The standard InChI is InChI=1S/C21H22N4O/c1-12-10-15-6-4-5-7-18(15)25(12)21(26)16-11-17(14-8-9-14)22-20-19(16)13(2)23-24(20)3/h4-7,11-12,14H,8-10H2,1-3H3. The van der Waals surface area contributed by atoms with Crippen LogP contribution in [0.15, 0.2) is 30.3 Å². The van der Waals surface area contributed by atoms with Gasteiger partial charge in [-0.05, 0) is 50.8 Å². The third kappa shape index (κ3) is 2.19. The van der Waals surface area contributed by atoms with Gasteiger partial charge in [0, 0.05) is 30.4 Å². The van der Waals surface area contributed by atoms with E-state index in [1.807, 2.05) is 43.1 Å². The highest BCUT2D eigenvalue weighted by Gasteiger charge is 2.34. The van der Waals surface area contributed by atoms with Gasteiger partial charge in [-0.15, -0.1) is 0 Å². The molecular weight excluding hydrogens is 324 g/mol. The smallest absolute Gasteiger partial charge is 0.259 e. The van der Waals surface area contributed by atoms with Crippen LogP contribution in [0.3, 0.4) is 0 Å². The van der Waals surface area contributed by atoms with Gasteiger partial charge >= 0.3 is 0 Å². The predicted octanol–water partition coefficient (Wildman–Crippen LogP) is 3.75. The quantitative estimate of drug-likeness (QED) is 0.710. The average molecular weight is 346 g/mol. The molecule has 1 aromatic carbocycles. The van der Waals surface area contributed by atoms with Crippen LogP contribution in [0.25, 0.3) is 11.0 Å². The molecule has 1 saturated carbocycles. The van der Waals surface area contributed by atoms with E-state index >= 15 is 0 Å². The number of anilines is 1. The molecule has 0 radical (unpaired) electrons. The van der Waals surface area contributed by atoms with Crippen LogP contribution < -0.4 is 4.90 Å². The van der Waals surface area contributed by atoms with E-state index < -0.39 is 0 Å². The van der Waals surface area contributed by atoms with Crippen molar-refractivity contribution < 1.29 is 4.79 Å². The molecule has 0 bridgehead atoms. The first-order valence-electron chi connectivity index (χ1n) is 9.30. The summed E-state index contributed by atoms with van der Waals surface area (Å²) in [5.74, 6) is 0.553. The first-order valence-corrected chi connectivity index (χ1v) is 9.30. The van der Waals surface area contributed by atoms with Crippen LogP contribution in [0.1, 0.15) is 53.0 Å². The number of carbonyl (C=O) groups is 1. The Morgan fingerprint density at radius 3 is 2.77 bits per heavy atom. The van der Waals surface area contributed by atoms with Crippen LogP contribution in [0, 0.1) is 6.92 Å². The molecule has 132 valence electrons. The molecule has 5 rings (SSSR count). The van der Waals surface area contributed by atoms with Crippen LogP contribution in [-0.2, 0) is 13.5 Å². The highest BCUT2D eigenvalue weighted by atomic mass is 16.2. The zero-order valence-corrected chi connectivity index (χ0v) is 15.4. The third-order valence-electron chi connectivity index (χ3n) is 5.64. The molecule has 1 atom stereocenters. The van der Waals surface area contributed by atoms with E-state index in [0.29, 0.717) is 5.92 Å². The van der Waals surface area contributed by atoms with Gasteiger partial charge in [0.15, 0.2) is 5.65 Å². The number of nitrogens with zero attached hydrogens (tertiary/aromatic N) is 4. The van der Waals surface area contributed by atoms with Crippen molar-refractivity contribution in [2.75, 3.05) is 4.90 Å². The van der Waals surface area contributed by atoms with E-state index in [2.05, 4.69) is 18.1 Å².